The van der Waals surface area contributed by atoms with Crippen molar-refractivity contribution in [3.63, 3.8) is 0 Å². The van der Waals surface area contributed by atoms with E-state index in [1.807, 2.05) is 61.5 Å². The standard InChI is InChI=1S/C24H21N3O3/c1-15-6-7-17-12-13-19(23(28)22(17)26-15)21(27-20-5-3-4-14-25-20)16-8-10-18(11-9-16)24(29)30-2/h3-14,21,28H,1-2H3,(H,25,27)/t21-/m1/s1. The number of anilines is 1. The molecular formula is C24H21N3O3. The SMILES string of the molecule is COC(=O)c1ccc([C@@H](Nc2ccccn2)c2ccc3ccc(C)nc3c2O)cc1. The highest BCUT2D eigenvalue weighted by Gasteiger charge is 2.21. The van der Waals surface area contributed by atoms with Crippen LogP contribution in [0, 0.1) is 6.92 Å². The van der Waals surface area contributed by atoms with Gasteiger partial charge in [0.2, 0.25) is 0 Å². The lowest BCUT2D eigenvalue weighted by molar-refractivity contribution is 0.0600. The first-order valence-electron chi connectivity index (χ1n) is 9.52. The number of nitrogens with one attached hydrogen (secondary N) is 1. The van der Waals surface area contributed by atoms with Crippen molar-refractivity contribution in [3.8, 4) is 5.75 Å². The normalized spacial score (nSPS) is 11.8. The average molecular weight is 399 g/mol. The van der Waals surface area contributed by atoms with Crippen LogP contribution in [-0.4, -0.2) is 28.2 Å². The number of fused-ring (bicyclic) bond motifs is 1. The minimum Gasteiger partial charge on any atom is -0.505 e. The summed E-state index contributed by atoms with van der Waals surface area (Å²) < 4.78 is 4.78. The van der Waals surface area contributed by atoms with E-state index in [0.717, 1.165) is 16.6 Å². The van der Waals surface area contributed by atoms with Crippen molar-refractivity contribution in [2.24, 2.45) is 0 Å². The molecule has 4 rings (SSSR count). The minimum atomic E-state index is -0.404. The fourth-order valence-corrected chi connectivity index (χ4v) is 3.39. The average Bonchev–Trinajstić information content (AvgIpc) is 2.79. The zero-order chi connectivity index (χ0) is 21.1. The number of aryl methyl sites for hydroxylation is 1. The molecule has 0 bridgehead atoms. The van der Waals surface area contributed by atoms with E-state index in [-0.39, 0.29) is 5.75 Å². The van der Waals surface area contributed by atoms with Gasteiger partial charge in [0.25, 0.3) is 0 Å². The second kappa shape index (κ2) is 8.21. The Hall–Kier alpha value is -3.93. The van der Waals surface area contributed by atoms with Crippen LogP contribution in [0.4, 0.5) is 5.82 Å². The number of rotatable bonds is 5. The van der Waals surface area contributed by atoms with Crippen molar-refractivity contribution in [1.29, 1.82) is 0 Å². The number of nitrogens with zero attached hydrogens (tertiary/aromatic N) is 2. The first-order valence-corrected chi connectivity index (χ1v) is 9.52. The quantitative estimate of drug-likeness (QED) is 0.476. The van der Waals surface area contributed by atoms with Crippen molar-refractivity contribution in [3.05, 3.63) is 95.3 Å². The molecule has 0 amide bonds. The molecule has 0 fully saturated rings. The van der Waals surface area contributed by atoms with Gasteiger partial charge in [-0.2, -0.15) is 0 Å². The zero-order valence-electron chi connectivity index (χ0n) is 16.7. The number of phenols is 1. The van der Waals surface area contributed by atoms with Gasteiger partial charge in [0.1, 0.15) is 17.1 Å². The molecule has 0 aliphatic heterocycles. The number of phenolic OH excluding ortho intramolecular Hbond substituents is 1. The topological polar surface area (TPSA) is 84.3 Å². The van der Waals surface area contributed by atoms with Crippen LogP contribution in [-0.2, 0) is 4.74 Å². The third-order valence-electron chi connectivity index (χ3n) is 4.94. The second-order valence-electron chi connectivity index (χ2n) is 6.93. The van der Waals surface area contributed by atoms with Crippen LogP contribution in [0.5, 0.6) is 5.75 Å². The van der Waals surface area contributed by atoms with Gasteiger partial charge in [-0.25, -0.2) is 14.8 Å². The molecule has 6 heteroatoms. The number of hydrogen-bond donors (Lipinski definition) is 2. The number of esters is 1. The van der Waals surface area contributed by atoms with Crippen LogP contribution in [0.3, 0.4) is 0 Å². The van der Waals surface area contributed by atoms with Gasteiger partial charge >= 0.3 is 5.97 Å². The Balaban J connectivity index is 1.82. The van der Waals surface area contributed by atoms with E-state index in [4.69, 9.17) is 4.74 Å². The summed E-state index contributed by atoms with van der Waals surface area (Å²) in [6.45, 7) is 1.89. The molecule has 0 aliphatic rings. The summed E-state index contributed by atoms with van der Waals surface area (Å²) in [5.74, 6) is 0.377. The number of carbonyl (C=O) groups excluding carboxylic acids is 1. The van der Waals surface area contributed by atoms with Crippen molar-refractivity contribution in [2.45, 2.75) is 13.0 Å². The van der Waals surface area contributed by atoms with Gasteiger partial charge in [-0.05, 0) is 42.8 Å². The van der Waals surface area contributed by atoms with Gasteiger partial charge in [-0.15, -0.1) is 0 Å². The highest BCUT2D eigenvalue weighted by molar-refractivity contribution is 5.89. The molecule has 30 heavy (non-hydrogen) atoms. The van der Waals surface area contributed by atoms with Crippen LogP contribution < -0.4 is 5.32 Å². The second-order valence-corrected chi connectivity index (χ2v) is 6.93. The number of benzene rings is 2. The van der Waals surface area contributed by atoms with Gasteiger partial charge in [0.15, 0.2) is 0 Å². The van der Waals surface area contributed by atoms with Crippen molar-refractivity contribution in [1.82, 2.24) is 9.97 Å². The zero-order valence-corrected chi connectivity index (χ0v) is 16.7. The number of pyridine rings is 2. The Kier molecular flexibility index (Phi) is 5.30. The van der Waals surface area contributed by atoms with Gasteiger partial charge in [0, 0.05) is 22.8 Å². The Bertz CT molecular complexity index is 1190. The molecule has 2 heterocycles. The predicted octanol–water partition coefficient (Wildman–Crippen LogP) is 4.63. The largest absolute Gasteiger partial charge is 0.505 e. The van der Waals surface area contributed by atoms with Gasteiger partial charge in [-0.1, -0.05) is 36.4 Å². The monoisotopic (exact) mass is 399 g/mol. The van der Waals surface area contributed by atoms with Crippen molar-refractivity contribution >= 4 is 22.7 Å². The Morgan fingerprint density at radius 1 is 1.03 bits per heavy atom. The summed E-state index contributed by atoms with van der Waals surface area (Å²) in [4.78, 5) is 20.7. The predicted molar refractivity (Wildman–Crippen MR) is 116 cm³/mol. The Morgan fingerprint density at radius 3 is 2.50 bits per heavy atom. The lowest BCUT2D eigenvalue weighted by Crippen LogP contribution is -2.14. The van der Waals surface area contributed by atoms with E-state index < -0.39 is 12.0 Å². The fraction of sp³-hybridized carbons (Fsp3) is 0.125. The molecule has 4 aromatic rings. The maximum Gasteiger partial charge on any atom is 0.337 e. The lowest BCUT2D eigenvalue weighted by atomic mass is 9.95. The third-order valence-corrected chi connectivity index (χ3v) is 4.94. The van der Waals surface area contributed by atoms with Gasteiger partial charge in [0.05, 0.1) is 18.7 Å². The number of ether oxygens (including phenoxy) is 1. The van der Waals surface area contributed by atoms with Crippen LogP contribution in [0.1, 0.15) is 33.2 Å². The van der Waals surface area contributed by atoms with E-state index in [2.05, 4.69) is 15.3 Å². The Morgan fingerprint density at radius 2 is 1.80 bits per heavy atom. The first-order chi connectivity index (χ1) is 14.6. The molecule has 0 spiro atoms. The molecule has 0 unspecified atom stereocenters. The maximum absolute atomic E-state index is 11.8. The molecule has 2 aromatic carbocycles. The third kappa shape index (κ3) is 3.80. The van der Waals surface area contributed by atoms with Gasteiger partial charge < -0.3 is 15.2 Å². The molecule has 150 valence electrons. The van der Waals surface area contributed by atoms with Crippen LogP contribution in [0.15, 0.2) is 72.9 Å². The summed E-state index contributed by atoms with van der Waals surface area (Å²) in [6.07, 6.45) is 1.70. The van der Waals surface area contributed by atoms with Crippen LogP contribution in [0.2, 0.25) is 0 Å². The van der Waals surface area contributed by atoms with E-state index >= 15 is 0 Å². The summed E-state index contributed by atoms with van der Waals surface area (Å²) in [5.41, 5.74) is 3.35. The highest BCUT2D eigenvalue weighted by atomic mass is 16.5. The molecule has 2 aromatic heterocycles. The molecule has 0 saturated carbocycles. The molecule has 0 radical (unpaired) electrons. The minimum absolute atomic E-state index is 0.113. The number of methoxy groups -OCH3 is 1. The molecule has 1 atom stereocenters. The smallest absolute Gasteiger partial charge is 0.337 e. The van der Waals surface area contributed by atoms with E-state index in [1.54, 1.807) is 18.3 Å². The number of hydrogen-bond acceptors (Lipinski definition) is 6. The number of aromatic hydroxyl groups is 1. The lowest BCUT2D eigenvalue weighted by Gasteiger charge is -2.22. The summed E-state index contributed by atoms with van der Waals surface area (Å²) >= 11 is 0. The first kappa shape index (κ1) is 19.4. The van der Waals surface area contributed by atoms with E-state index in [1.165, 1.54) is 7.11 Å². The number of aromatic nitrogens is 2. The Labute approximate surface area is 174 Å². The highest BCUT2D eigenvalue weighted by Crippen LogP contribution is 2.36. The van der Waals surface area contributed by atoms with Crippen LogP contribution in [0.25, 0.3) is 10.9 Å². The van der Waals surface area contributed by atoms with E-state index in [0.29, 0.717) is 22.5 Å². The fourth-order valence-electron chi connectivity index (χ4n) is 3.39. The molecule has 0 saturated heterocycles. The molecule has 6 nitrogen and oxygen atoms in total. The van der Waals surface area contributed by atoms with Gasteiger partial charge in [-0.3, -0.25) is 0 Å². The summed E-state index contributed by atoms with van der Waals surface area (Å²) in [6, 6.07) is 19.9. The van der Waals surface area contributed by atoms with Crippen molar-refractivity contribution < 1.29 is 14.6 Å². The molecule has 2 N–H and O–H groups in total. The van der Waals surface area contributed by atoms with Crippen LogP contribution >= 0.6 is 0 Å². The summed E-state index contributed by atoms with van der Waals surface area (Å²) in [5, 5.41) is 15.3. The molecular weight excluding hydrogens is 378 g/mol. The van der Waals surface area contributed by atoms with Crippen molar-refractivity contribution in [2.75, 3.05) is 12.4 Å². The maximum atomic E-state index is 11.8. The van der Waals surface area contributed by atoms with E-state index in [9.17, 15) is 9.90 Å². The molecule has 0 aliphatic carbocycles. The summed E-state index contributed by atoms with van der Waals surface area (Å²) in [7, 11) is 1.35. The number of carbonyl (C=O) groups is 1.